The summed E-state index contributed by atoms with van der Waals surface area (Å²) < 4.78 is 14.2. The van der Waals surface area contributed by atoms with Gasteiger partial charge in [-0.1, -0.05) is 73.6 Å². The lowest BCUT2D eigenvalue weighted by atomic mass is 9.94. The van der Waals surface area contributed by atoms with Crippen molar-refractivity contribution in [3.05, 3.63) is 71.3 Å². The predicted octanol–water partition coefficient (Wildman–Crippen LogP) is 6.83. The molecular weight excluding hydrogens is 490 g/mol. The molecule has 6 nitrogen and oxygen atoms in total. The molecule has 0 bridgehead atoms. The van der Waals surface area contributed by atoms with E-state index in [0.29, 0.717) is 32.0 Å². The summed E-state index contributed by atoms with van der Waals surface area (Å²) in [5, 5.41) is 5.79. The predicted molar refractivity (Wildman–Crippen MR) is 147 cm³/mol. The first-order valence-electron chi connectivity index (χ1n) is 12.1. The number of carbonyl (C=O) groups excluding carboxylic acids is 1. The van der Waals surface area contributed by atoms with Gasteiger partial charge < -0.3 is 9.15 Å². The van der Waals surface area contributed by atoms with E-state index in [4.69, 9.17) is 26.5 Å². The molecule has 0 radical (unpaired) electrons. The Bertz CT molecular complexity index is 1480. The van der Waals surface area contributed by atoms with Crippen LogP contribution in [0, 0.1) is 0 Å². The number of amides is 1. The highest BCUT2D eigenvalue weighted by molar-refractivity contribution is 8.26. The van der Waals surface area contributed by atoms with Crippen molar-refractivity contribution in [3.8, 4) is 22.9 Å². The van der Waals surface area contributed by atoms with Crippen molar-refractivity contribution in [1.82, 2.24) is 14.7 Å². The molecule has 0 N–H and O–H groups in total. The lowest BCUT2D eigenvalue weighted by Crippen LogP contribution is -2.39. The van der Waals surface area contributed by atoms with Crippen molar-refractivity contribution >= 4 is 51.3 Å². The maximum atomic E-state index is 13.5. The van der Waals surface area contributed by atoms with Gasteiger partial charge in [-0.3, -0.25) is 9.69 Å². The second kappa shape index (κ2) is 9.59. The fraction of sp³-hybridized carbons (Fsp3) is 0.250. The Kier molecular flexibility index (Phi) is 6.15. The molecule has 36 heavy (non-hydrogen) atoms. The second-order valence-corrected chi connectivity index (χ2v) is 10.7. The van der Waals surface area contributed by atoms with Crippen LogP contribution in [-0.2, 0) is 4.79 Å². The van der Waals surface area contributed by atoms with Crippen LogP contribution in [0.2, 0.25) is 0 Å². The van der Waals surface area contributed by atoms with E-state index in [1.165, 1.54) is 18.2 Å². The van der Waals surface area contributed by atoms with Crippen LogP contribution in [0.5, 0.6) is 5.75 Å². The standard InChI is InChI=1S/C28H25N3O3S2/c1-33-22-14-8-9-18-15-23(34-26(18)22)25-19(17-30(29-25)20-10-4-2-5-11-20)16-24-27(32)31(28(35)36-24)21-12-6-3-7-13-21/h2,4-5,8-11,14-17,21H,3,6-7,12-13H2,1H3. The van der Waals surface area contributed by atoms with Crippen LogP contribution in [-0.4, -0.2) is 38.1 Å². The van der Waals surface area contributed by atoms with Crippen LogP contribution in [0.25, 0.3) is 34.2 Å². The van der Waals surface area contributed by atoms with Gasteiger partial charge in [0.05, 0.1) is 17.7 Å². The number of rotatable bonds is 5. The molecule has 3 heterocycles. The second-order valence-electron chi connectivity index (χ2n) is 9.05. The Morgan fingerprint density at radius 2 is 1.92 bits per heavy atom. The number of ether oxygens (including phenoxy) is 1. The van der Waals surface area contributed by atoms with E-state index >= 15 is 0 Å². The fourth-order valence-corrected chi connectivity index (χ4v) is 6.38. The molecule has 0 atom stereocenters. The minimum absolute atomic E-state index is 0.0124. The van der Waals surface area contributed by atoms with Gasteiger partial charge >= 0.3 is 0 Å². The minimum Gasteiger partial charge on any atom is -0.493 e. The number of furan rings is 1. The van der Waals surface area contributed by atoms with Crippen LogP contribution >= 0.6 is 24.0 Å². The largest absolute Gasteiger partial charge is 0.493 e. The third-order valence-electron chi connectivity index (χ3n) is 6.77. The van der Waals surface area contributed by atoms with E-state index in [9.17, 15) is 4.79 Å². The maximum absolute atomic E-state index is 13.5. The first-order valence-corrected chi connectivity index (χ1v) is 13.3. The van der Waals surface area contributed by atoms with E-state index in [1.807, 2.05) is 76.5 Å². The molecule has 6 rings (SSSR count). The average molecular weight is 516 g/mol. The molecule has 182 valence electrons. The fourth-order valence-electron chi connectivity index (χ4n) is 4.99. The number of nitrogens with zero attached hydrogens (tertiary/aromatic N) is 3. The molecule has 1 aliphatic heterocycles. The first kappa shape index (κ1) is 23.1. The summed E-state index contributed by atoms with van der Waals surface area (Å²) in [6.07, 6.45) is 9.37. The number of methoxy groups -OCH3 is 1. The van der Waals surface area contributed by atoms with Crippen molar-refractivity contribution < 1.29 is 13.9 Å². The van der Waals surface area contributed by atoms with E-state index in [2.05, 4.69) is 0 Å². The first-order chi connectivity index (χ1) is 17.6. The van der Waals surface area contributed by atoms with E-state index < -0.39 is 0 Å². The zero-order valence-electron chi connectivity index (χ0n) is 19.8. The zero-order chi connectivity index (χ0) is 24.6. The molecular formula is C28H25N3O3S2. The van der Waals surface area contributed by atoms with Crippen LogP contribution < -0.4 is 4.74 Å². The summed E-state index contributed by atoms with van der Waals surface area (Å²) >= 11 is 7.02. The van der Waals surface area contributed by atoms with Gasteiger partial charge in [-0.2, -0.15) is 5.10 Å². The number of para-hydroxylation sites is 2. The Labute approximate surface area is 218 Å². The zero-order valence-corrected chi connectivity index (χ0v) is 21.5. The molecule has 1 aliphatic carbocycles. The monoisotopic (exact) mass is 515 g/mol. The summed E-state index contributed by atoms with van der Waals surface area (Å²) in [5.41, 5.74) is 3.03. The van der Waals surface area contributed by atoms with E-state index in [0.717, 1.165) is 42.3 Å². The SMILES string of the molecule is COc1cccc2cc(-c3nn(-c4ccccc4)cc3C=C3SC(=S)N(C4CCCCC4)C3=O)oc12. The molecule has 2 aromatic heterocycles. The summed E-state index contributed by atoms with van der Waals surface area (Å²) in [4.78, 5) is 15.9. The van der Waals surface area contributed by atoms with Crippen molar-refractivity contribution in [2.75, 3.05) is 7.11 Å². The summed E-state index contributed by atoms with van der Waals surface area (Å²) in [7, 11) is 1.63. The Balaban J connectivity index is 1.44. The number of hydrogen-bond donors (Lipinski definition) is 0. The van der Waals surface area contributed by atoms with Crippen molar-refractivity contribution in [1.29, 1.82) is 0 Å². The lowest BCUT2D eigenvalue weighted by Gasteiger charge is -2.29. The third kappa shape index (κ3) is 4.14. The Morgan fingerprint density at radius 1 is 1.11 bits per heavy atom. The summed E-state index contributed by atoms with van der Waals surface area (Å²) in [5.74, 6) is 1.26. The number of carbonyl (C=O) groups is 1. The van der Waals surface area contributed by atoms with Crippen LogP contribution in [0.3, 0.4) is 0 Å². The Hall–Kier alpha value is -3.36. The Morgan fingerprint density at radius 3 is 2.69 bits per heavy atom. The summed E-state index contributed by atoms with van der Waals surface area (Å²) in [6, 6.07) is 17.8. The van der Waals surface area contributed by atoms with Crippen molar-refractivity contribution in [2.24, 2.45) is 0 Å². The molecule has 8 heteroatoms. The van der Waals surface area contributed by atoms with Crippen LogP contribution in [0.1, 0.15) is 37.7 Å². The van der Waals surface area contributed by atoms with Gasteiger partial charge in [0.25, 0.3) is 5.91 Å². The number of hydrogen-bond acceptors (Lipinski definition) is 6. The number of thiocarbonyl (C=S) groups is 1. The van der Waals surface area contributed by atoms with E-state index in [1.54, 1.807) is 7.11 Å². The van der Waals surface area contributed by atoms with Crippen molar-refractivity contribution in [3.63, 3.8) is 0 Å². The molecule has 0 unspecified atom stereocenters. The number of benzene rings is 2. The molecule has 4 aromatic rings. The maximum Gasteiger partial charge on any atom is 0.266 e. The number of fused-ring (bicyclic) bond motifs is 1. The van der Waals surface area contributed by atoms with Crippen LogP contribution in [0.15, 0.2) is 70.1 Å². The third-order valence-corrected chi connectivity index (χ3v) is 8.10. The van der Waals surface area contributed by atoms with Gasteiger partial charge in [0, 0.05) is 23.2 Å². The normalized spacial score (nSPS) is 18.0. The number of aromatic nitrogens is 2. The molecule has 2 aromatic carbocycles. The van der Waals surface area contributed by atoms with E-state index in [-0.39, 0.29) is 11.9 Å². The highest BCUT2D eigenvalue weighted by Crippen LogP contribution is 2.40. The van der Waals surface area contributed by atoms with Crippen LogP contribution in [0.4, 0.5) is 0 Å². The van der Waals surface area contributed by atoms with Gasteiger partial charge in [-0.15, -0.1) is 0 Å². The summed E-state index contributed by atoms with van der Waals surface area (Å²) in [6.45, 7) is 0. The molecule has 1 saturated heterocycles. The molecule has 2 fully saturated rings. The minimum atomic E-state index is -0.0124. The molecule has 0 spiro atoms. The lowest BCUT2D eigenvalue weighted by molar-refractivity contribution is -0.124. The average Bonchev–Trinajstić information content (AvgIpc) is 3.60. The quantitative estimate of drug-likeness (QED) is 0.215. The van der Waals surface area contributed by atoms with Gasteiger partial charge in [0.2, 0.25) is 0 Å². The highest BCUT2D eigenvalue weighted by Gasteiger charge is 2.37. The van der Waals surface area contributed by atoms with Gasteiger partial charge in [0.1, 0.15) is 10.0 Å². The number of thioether (sulfide) groups is 1. The smallest absolute Gasteiger partial charge is 0.266 e. The molecule has 1 saturated carbocycles. The van der Waals surface area contributed by atoms with Gasteiger partial charge in [-0.05, 0) is 43.2 Å². The van der Waals surface area contributed by atoms with Crippen molar-refractivity contribution in [2.45, 2.75) is 38.1 Å². The molecule has 2 aliphatic rings. The van der Waals surface area contributed by atoms with Gasteiger partial charge in [0.15, 0.2) is 17.1 Å². The van der Waals surface area contributed by atoms with Gasteiger partial charge in [-0.25, -0.2) is 4.68 Å². The topological polar surface area (TPSA) is 60.5 Å². The highest BCUT2D eigenvalue weighted by atomic mass is 32.2. The molecule has 1 amide bonds.